The summed E-state index contributed by atoms with van der Waals surface area (Å²) in [7, 11) is 0. The number of rotatable bonds is 4. The van der Waals surface area contributed by atoms with Crippen molar-refractivity contribution in [1.82, 2.24) is 0 Å². The van der Waals surface area contributed by atoms with Gasteiger partial charge in [0.25, 0.3) is 0 Å². The molecule has 2 aromatic carbocycles. The second-order valence-corrected chi connectivity index (χ2v) is 5.29. The first-order valence-corrected chi connectivity index (χ1v) is 7.21. The van der Waals surface area contributed by atoms with Gasteiger partial charge in [-0.2, -0.15) is 5.26 Å². The van der Waals surface area contributed by atoms with Crippen LogP contribution in [0.5, 0.6) is 0 Å². The summed E-state index contributed by atoms with van der Waals surface area (Å²) in [6.07, 6.45) is -0.582. The molecule has 2 rings (SSSR count). The van der Waals surface area contributed by atoms with Gasteiger partial charge in [-0.3, -0.25) is 5.32 Å². The predicted octanol–water partition coefficient (Wildman–Crippen LogP) is 4.66. The van der Waals surface area contributed by atoms with Crippen molar-refractivity contribution in [2.24, 2.45) is 0 Å². The van der Waals surface area contributed by atoms with Crippen molar-refractivity contribution in [2.75, 3.05) is 5.32 Å². The third-order valence-electron chi connectivity index (χ3n) is 2.55. The number of hydrogen-bond donors (Lipinski definition) is 1. The first-order valence-electron chi connectivity index (χ1n) is 6.02. The molecule has 6 heteroatoms. The maximum Gasteiger partial charge on any atom is 0.412 e. The van der Waals surface area contributed by atoms with Gasteiger partial charge in [0.15, 0.2) is 0 Å². The summed E-state index contributed by atoms with van der Waals surface area (Å²) < 4.78 is 5.10. The zero-order valence-corrected chi connectivity index (χ0v) is 12.4. The van der Waals surface area contributed by atoms with Gasteiger partial charge in [0.05, 0.1) is 10.7 Å². The monoisotopic (exact) mass is 318 g/mol. The highest BCUT2D eigenvalue weighted by Gasteiger charge is 2.08. The zero-order chi connectivity index (χ0) is 15.1. The highest BCUT2D eigenvalue weighted by Crippen LogP contribution is 2.27. The Morgan fingerprint density at radius 3 is 2.71 bits per heavy atom. The van der Waals surface area contributed by atoms with Crippen LogP contribution in [0.2, 0.25) is 5.02 Å². The number of benzene rings is 2. The second kappa shape index (κ2) is 7.58. The van der Waals surface area contributed by atoms with Crippen molar-refractivity contribution in [1.29, 1.82) is 5.26 Å². The minimum absolute atomic E-state index is 0.187. The number of nitriles is 1. The van der Waals surface area contributed by atoms with Gasteiger partial charge in [-0.05, 0) is 35.5 Å². The molecule has 0 aliphatic carbocycles. The van der Waals surface area contributed by atoms with Gasteiger partial charge in [0.2, 0.25) is 0 Å². The van der Waals surface area contributed by atoms with Crippen molar-refractivity contribution < 1.29 is 9.53 Å². The summed E-state index contributed by atoms with van der Waals surface area (Å²) in [6, 6.07) is 14.3. The minimum Gasteiger partial charge on any atom is -0.444 e. The van der Waals surface area contributed by atoms with Gasteiger partial charge in [-0.1, -0.05) is 41.9 Å². The Hall–Kier alpha value is -2.16. The van der Waals surface area contributed by atoms with Crippen LogP contribution in [0, 0.1) is 10.7 Å². The van der Waals surface area contributed by atoms with Crippen LogP contribution in [-0.2, 0) is 11.3 Å². The highest BCUT2D eigenvalue weighted by atomic mass is 35.5. The first-order chi connectivity index (χ1) is 10.2. The Labute approximate surface area is 131 Å². The third kappa shape index (κ3) is 4.71. The molecule has 0 bridgehead atoms. The molecule has 0 aromatic heterocycles. The molecule has 0 atom stereocenters. The second-order valence-electron chi connectivity index (χ2n) is 4.02. The standard InChI is InChI=1S/C15H11ClN2O2S/c16-13-8-12(21-10-17)6-7-14(13)18-15(19)20-9-11-4-2-1-3-5-11/h1-8H,9H2,(H,18,19). The Balaban J connectivity index is 1.92. The number of nitrogens with zero attached hydrogens (tertiary/aromatic N) is 1. The summed E-state index contributed by atoms with van der Waals surface area (Å²) in [5.41, 5.74) is 1.34. The molecule has 0 heterocycles. The molecule has 0 saturated heterocycles. The van der Waals surface area contributed by atoms with Gasteiger partial charge in [0.1, 0.15) is 12.0 Å². The van der Waals surface area contributed by atoms with Crippen LogP contribution in [0.25, 0.3) is 0 Å². The molecular weight excluding hydrogens is 308 g/mol. The largest absolute Gasteiger partial charge is 0.444 e. The summed E-state index contributed by atoms with van der Waals surface area (Å²) >= 11 is 7.04. The molecule has 4 nitrogen and oxygen atoms in total. The van der Waals surface area contributed by atoms with Gasteiger partial charge in [-0.15, -0.1) is 0 Å². The van der Waals surface area contributed by atoms with Crippen molar-refractivity contribution in [3.05, 3.63) is 59.1 Å². The molecule has 1 N–H and O–H groups in total. The van der Waals surface area contributed by atoms with Crippen LogP contribution in [0.4, 0.5) is 10.5 Å². The molecular formula is C15H11ClN2O2S. The number of carbonyl (C=O) groups excluding carboxylic acids is 1. The molecule has 21 heavy (non-hydrogen) atoms. The quantitative estimate of drug-likeness (QED) is 0.657. The summed E-state index contributed by atoms with van der Waals surface area (Å²) in [5.74, 6) is 0. The Kier molecular flexibility index (Phi) is 5.50. The smallest absolute Gasteiger partial charge is 0.412 e. The molecule has 0 aliphatic heterocycles. The van der Waals surface area contributed by atoms with E-state index in [1.165, 1.54) is 0 Å². The molecule has 106 valence electrons. The van der Waals surface area contributed by atoms with E-state index < -0.39 is 6.09 Å². The van der Waals surface area contributed by atoms with Gasteiger partial charge < -0.3 is 4.74 Å². The predicted molar refractivity (Wildman–Crippen MR) is 83.2 cm³/mol. The number of thioether (sulfide) groups is 1. The number of carbonyl (C=O) groups is 1. The molecule has 0 radical (unpaired) electrons. The van der Waals surface area contributed by atoms with E-state index in [1.54, 1.807) is 18.2 Å². The maximum absolute atomic E-state index is 11.7. The van der Waals surface area contributed by atoms with Gasteiger partial charge in [0, 0.05) is 4.90 Å². The summed E-state index contributed by atoms with van der Waals surface area (Å²) in [5, 5.41) is 13.5. The highest BCUT2D eigenvalue weighted by molar-refractivity contribution is 8.03. The molecule has 0 unspecified atom stereocenters. The summed E-state index contributed by atoms with van der Waals surface area (Å²) in [6.45, 7) is 0.187. The Morgan fingerprint density at radius 2 is 2.05 bits per heavy atom. The fourth-order valence-corrected chi connectivity index (χ4v) is 2.29. The van der Waals surface area contributed by atoms with Gasteiger partial charge >= 0.3 is 6.09 Å². The van der Waals surface area contributed by atoms with E-state index in [-0.39, 0.29) is 6.61 Å². The lowest BCUT2D eigenvalue weighted by atomic mass is 10.2. The van der Waals surface area contributed by atoms with E-state index in [2.05, 4.69) is 5.32 Å². The Bertz CT molecular complexity index is 671. The van der Waals surface area contributed by atoms with Crippen LogP contribution in [0.15, 0.2) is 53.4 Å². The number of ether oxygens (including phenoxy) is 1. The van der Waals surface area contributed by atoms with Crippen molar-refractivity contribution in [3.63, 3.8) is 0 Å². The fraction of sp³-hybridized carbons (Fsp3) is 0.0667. The van der Waals surface area contributed by atoms with Crippen molar-refractivity contribution >= 4 is 35.1 Å². The molecule has 0 spiro atoms. The zero-order valence-electron chi connectivity index (χ0n) is 10.9. The van der Waals surface area contributed by atoms with Crippen LogP contribution < -0.4 is 5.32 Å². The van der Waals surface area contributed by atoms with E-state index in [0.717, 1.165) is 17.3 Å². The average molecular weight is 319 g/mol. The summed E-state index contributed by atoms with van der Waals surface area (Å²) in [4.78, 5) is 12.4. The van der Waals surface area contributed by atoms with E-state index in [4.69, 9.17) is 21.6 Å². The number of anilines is 1. The van der Waals surface area contributed by atoms with Crippen LogP contribution in [0.1, 0.15) is 5.56 Å². The van der Waals surface area contributed by atoms with Crippen molar-refractivity contribution in [2.45, 2.75) is 11.5 Å². The SMILES string of the molecule is N#CSc1ccc(NC(=O)OCc2ccccc2)c(Cl)c1. The first kappa shape index (κ1) is 15.2. The van der Waals surface area contributed by atoms with Crippen LogP contribution >= 0.6 is 23.4 Å². The fourth-order valence-electron chi connectivity index (χ4n) is 1.58. The normalized spacial score (nSPS) is 9.71. The topological polar surface area (TPSA) is 62.1 Å². The van der Waals surface area contributed by atoms with E-state index >= 15 is 0 Å². The lowest BCUT2D eigenvalue weighted by Gasteiger charge is -2.09. The number of amides is 1. The number of thiocyanates is 1. The molecule has 0 saturated carbocycles. The third-order valence-corrected chi connectivity index (χ3v) is 3.45. The molecule has 0 fully saturated rings. The van der Waals surface area contributed by atoms with E-state index in [1.807, 2.05) is 35.7 Å². The lowest BCUT2D eigenvalue weighted by Crippen LogP contribution is -2.13. The molecule has 2 aromatic rings. The number of halogens is 1. The van der Waals surface area contributed by atoms with Crippen molar-refractivity contribution in [3.8, 4) is 5.40 Å². The molecule has 1 amide bonds. The van der Waals surface area contributed by atoms with Crippen LogP contribution in [-0.4, -0.2) is 6.09 Å². The lowest BCUT2D eigenvalue weighted by molar-refractivity contribution is 0.155. The van der Waals surface area contributed by atoms with E-state index in [9.17, 15) is 4.79 Å². The number of nitrogens with one attached hydrogen (secondary N) is 1. The van der Waals surface area contributed by atoms with Crippen LogP contribution in [0.3, 0.4) is 0 Å². The van der Waals surface area contributed by atoms with Gasteiger partial charge in [-0.25, -0.2) is 4.79 Å². The Morgan fingerprint density at radius 1 is 1.29 bits per heavy atom. The molecule has 0 aliphatic rings. The number of hydrogen-bond acceptors (Lipinski definition) is 4. The minimum atomic E-state index is -0.582. The maximum atomic E-state index is 11.7. The van der Waals surface area contributed by atoms with E-state index in [0.29, 0.717) is 15.6 Å². The average Bonchev–Trinajstić information content (AvgIpc) is 2.49.